The van der Waals surface area contributed by atoms with Gasteiger partial charge in [0, 0.05) is 58.8 Å². The van der Waals surface area contributed by atoms with Crippen LogP contribution in [0.3, 0.4) is 0 Å². The van der Waals surface area contributed by atoms with Gasteiger partial charge in [-0.25, -0.2) is 0 Å². The summed E-state index contributed by atoms with van der Waals surface area (Å²) in [6, 6.07) is 54.3. The number of hydrogen-bond acceptors (Lipinski definition) is 4. The highest BCUT2D eigenvalue weighted by Crippen LogP contribution is 2.52. The van der Waals surface area contributed by atoms with Crippen LogP contribution in [0.5, 0.6) is 5.75 Å². The minimum Gasteiger partial charge on any atom is -0.460 e. The number of fused-ring (bicyclic) bond motifs is 11. The SMILES string of the molecule is C1=c2ccccc2=C2Oc3ccc4sc5ccc(N(c6ccc(-c7ccccc7)cc6)c6ccc7oc8ccccc8c7c6)cc5c4c3C2C1. The third kappa shape index (κ3) is 4.15. The molecular weight excluding hydrogens is 631 g/mol. The van der Waals surface area contributed by atoms with Crippen LogP contribution in [0.15, 0.2) is 156 Å². The molecule has 2 aliphatic rings. The largest absolute Gasteiger partial charge is 0.460 e. The highest BCUT2D eigenvalue weighted by atomic mass is 32.1. The lowest BCUT2D eigenvalue weighted by Gasteiger charge is -2.26. The van der Waals surface area contributed by atoms with Crippen LogP contribution in [-0.2, 0) is 0 Å². The van der Waals surface area contributed by atoms with Crippen molar-refractivity contribution in [3.8, 4) is 16.9 Å². The summed E-state index contributed by atoms with van der Waals surface area (Å²) in [6.45, 7) is 0. The van der Waals surface area contributed by atoms with Gasteiger partial charge >= 0.3 is 0 Å². The van der Waals surface area contributed by atoms with Gasteiger partial charge in [0.2, 0.25) is 0 Å². The van der Waals surface area contributed by atoms with E-state index in [1.807, 2.05) is 23.5 Å². The Kier molecular flexibility index (Phi) is 5.95. The normalized spacial score (nSPS) is 14.8. The zero-order valence-corrected chi connectivity index (χ0v) is 27.8. The fourth-order valence-corrected chi connectivity index (χ4v) is 9.21. The monoisotopic (exact) mass is 659 g/mol. The molecule has 9 aromatic rings. The van der Waals surface area contributed by atoms with Crippen molar-refractivity contribution < 1.29 is 9.15 Å². The minimum absolute atomic E-state index is 0.212. The van der Waals surface area contributed by atoms with Gasteiger partial charge in [0.25, 0.3) is 0 Å². The second-order valence-corrected chi connectivity index (χ2v) is 14.3. The van der Waals surface area contributed by atoms with Crippen molar-refractivity contribution in [2.24, 2.45) is 0 Å². The van der Waals surface area contributed by atoms with E-state index in [4.69, 9.17) is 9.15 Å². The van der Waals surface area contributed by atoms with E-state index in [-0.39, 0.29) is 5.92 Å². The second kappa shape index (κ2) is 10.7. The Morgan fingerprint density at radius 2 is 1.26 bits per heavy atom. The summed E-state index contributed by atoms with van der Waals surface area (Å²) in [5.74, 6) is 2.28. The maximum atomic E-state index is 6.68. The molecule has 0 N–H and O–H groups in total. The van der Waals surface area contributed by atoms with Crippen LogP contribution in [0.2, 0.25) is 0 Å². The molecular formula is C46H29NO2S. The van der Waals surface area contributed by atoms with E-state index in [9.17, 15) is 0 Å². The first-order chi connectivity index (χ1) is 24.8. The predicted octanol–water partition coefficient (Wildman–Crippen LogP) is 11.6. The molecule has 50 heavy (non-hydrogen) atoms. The van der Waals surface area contributed by atoms with Crippen molar-refractivity contribution >= 4 is 82.3 Å². The van der Waals surface area contributed by atoms with E-state index in [1.165, 1.54) is 47.3 Å². The van der Waals surface area contributed by atoms with Crippen molar-refractivity contribution in [3.63, 3.8) is 0 Å². The molecule has 0 amide bonds. The van der Waals surface area contributed by atoms with Crippen molar-refractivity contribution in [2.45, 2.75) is 12.3 Å². The molecule has 236 valence electrons. The van der Waals surface area contributed by atoms with Crippen molar-refractivity contribution in [1.82, 2.24) is 0 Å². The number of hydrogen-bond donors (Lipinski definition) is 0. The van der Waals surface area contributed by atoms with Crippen LogP contribution in [0.4, 0.5) is 17.1 Å². The van der Waals surface area contributed by atoms with Crippen molar-refractivity contribution in [3.05, 3.63) is 168 Å². The van der Waals surface area contributed by atoms with E-state index in [0.717, 1.165) is 56.9 Å². The number of furan rings is 1. The third-order valence-electron chi connectivity index (χ3n) is 10.4. The lowest BCUT2D eigenvalue weighted by molar-refractivity contribution is 0.509. The van der Waals surface area contributed by atoms with Gasteiger partial charge in [-0.15, -0.1) is 11.3 Å². The van der Waals surface area contributed by atoms with Crippen LogP contribution >= 0.6 is 11.3 Å². The highest BCUT2D eigenvalue weighted by Gasteiger charge is 2.34. The average Bonchev–Trinajstić information content (AvgIpc) is 3.86. The molecule has 1 unspecified atom stereocenters. The van der Waals surface area contributed by atoms with E-state index in [0.29, 0.717) is 0 Å². The van der Waals surface area contributed by atoms with Gasteiger partial charge in [-0.05, 0) is 89.5 Å². The Labute approximate surface area is 292 Å². The summed E-state index contributed by atoms with van der Waals surface area (Å²) in [4.78, 5) is 2.38. The topological polar surface area (TPSA) is 25.6 Å². The van der Waals surface area contributed by atoms with E-state index < -0.39 is 0 Å². The Morgan fingerprint density at radius 1 is 0.560 bits per heavy atom. The maximum Gasteiger partial charge on any atom is 0.135 e. The van der Waals surface area contributed by atoms with Crippen LogP contribution in [0.25, 0.3) is 65.1 Å². The molecule has 4 heteroatoms. The first-order valence-corrected chi connectivity index (χ1v) is 17.9. The zero-order chi connectivity index (χ0) is 32.8. The summed E-state index contributed by atoms with van der Waals surface area (Å²) < 4.78 is 15.5. The number of ether oxygens (including phenoxy) is 1. The first-order valence-electron chi connectivity index (χ1n) is 17.1. The third-order valence-corrected chi connectivity index (χ3v) is 11.5. The number of anilines is 3. The number of benzene rings is 7. The van der Waals surface area contributed by atoms with Gasteiger partial charge < -0.3 is 14.1 Å². The fourth-order valence-electron chi connectivity index (χ4n) is 8.10. The zero-order valence-electron chi connectivity index (χ0n) is 27.0. The molecule has 11 rings (SSSR count). The Hall–Kier alpha value is -6.10. The molecule has 0 saturated carbocycles. The first kappa shape index (κ1) is 27.8. The van der Waals surface area contributed by atoms with Gasteiger partial charge in [0.1, 0.15) is 22.7 Å². The minimum atomic E-state index is 0.212. The quantitative estimate of drug-likeness (QED) is 0.188. The maximum absolute atomic E-state index is 6.68. The molecule has 3 heterocycles. The molecule has 1 atom stereocenters. The van der Waals surface area contributed by atoms with Crippen LogP contribution in [0, 0.1) is 0 Å². The van der Waals surface area contributed by atoms with Gasteiger partial charge in [-0.2, -0.15) is 0 Å². The molecule has 0 spiro atoms. The highest BCUT2D eigenvalue weighted by molar-refractivity contribution is 7.25. The predicted molar refractivity (Wildman–Crippen MR) is 208 cm³/mol. The average molecular weight is 660 g/mol. The summed E-state index contributed by atoms with van der Waals surface area (Å²) in [7, 11) is 0. The molecule has 0 bridgehead atoms. The number of thiophene rings is 1. The van der Waals surface area contributed by atoms with Crippen LogP contribution in [0.1, 0.15) is 17.9 Å². The van der Waals surface area contributed by atoms with Crippen LogP contribution < -0.4 is 20.1 Å². The molecule has 0 radical (unpaired) electrons. The summed E-state index contributed by atoms with van der Waals surface area (Å²) in [5, 5.41) is 7.28. The van der Waals surface area contributed by atoms with Gasteiger partial charge in [-0.1, -0.05) is 91.0 Å². The van der Waals surface area contributed by atoms with E-state index in [1.54, 1.807) is 0 Å². The number of rotatable bonds is 4. The summed E-state index contributed by atoms with van der Waals surface area (Å²) in [5.41, 5.74) is 8.80. The van der Waals surface area contributed by atoms with E-state index >= 15 is 0 Å². The fraction of sp³-hybridized carbons (Fsp3) is 0.0435. The standard InChI is InChI=1S/C46H29NO2S/c1-2-8-28(9-3-1)29-14-17-31(18-15-29)47(32-19-22-40-37(26-32)35-12-6-7-13-39(35)48-40)33-20-24-42-38(27-33)45-43(50-42)25-23-41-44(45)36-21-16-30-10-4-5-11-34(30)46(36)49-41/h1-20,22-27,36H,21H2. The summed E-state index contributed by atoms with van der Waals surface area (Å²) >= 11 is 1.86. The van der Waals surface area contributed by atoms with Gasteiger partial charge in [0.05, 0.1) is 5.92 Å². The lowest BCUT2D eigenvalue weighted by Crippen LogP contribution is -2.31. The van der Waals surface area contributed by atoms with Gasteiger partial charge in [-0.3, -0.25) is 0 Å². The molecule has 0 fully saturated rings. The molecule has 3 nitrogen and oxygen atoms in total. The second-order valence-electron chi connectivity index (χ2n) is 13.2. The molecule has 7 aromatic carbocycles. The number of para-hydroxylation sites is 1. The Morgan fingerprint density at radius 3 is 2.16 bits per heavy atom. The van der Waals surface area contributed by atoms with Crippen molar-refractivity contribution in [2.75, 3.05) is 4.90 Å². The van der Waals surface area contributed by atoms with Crippen molar-refractivity contribution in [1.29, 1.82) is 0 Å². The summed E-state index contributed by atoms with van der Waals surface area (Å²) in [6.07, 6.45) is 3.31. The number of nitrogens with zero attached hydrogens (tertiary/aromatic N) is 1. The smallest absolute Gasteiger partial charge is 0.135 e. The van der Waals surface area contributed by atoms with Crippen LogP contribution in [-0.4, -0.2) is 0 Å². The molecule has 0 saturated heterocycles. The Balaban J connectivity index is 1.12. The van der Waals surface area contributed by atoms with E-state index in [2.05, 4.69) is 151 Å². The Bertz CT molecular complexity index is 2940. The van der Waals surface area contributed by atoms with Gasteiger partial charge in [0.15, 0.2) is 0 Å². The molecule has 1 aliphatic carbocycles. The lowest BCUT2D eigenvalue weighted by atomic mass is 9.88. The molecule has 2 aromatic heterocycles. The molecule has 1 aliphatic heterocycles.